The average Bonchev–Trinajstić information content (AvgIpc) is 2.89. The Hall–Kier alpha value is -1.17. The van der Waals surface area contributed by atoms with Crippen molar-refractivity contribution < 1.29 is 5.11 Å². The summed E-state index contributed by atoms with van der Waals surface area (Å²) in [6.45, 7) is 0. The van der Waals surface area contributed by atoms with Crippen molar-refractivity contribution in [2.45, 2.75) is 57.1 Å². The van der Waals surface area contributed by atoms with E-state index in [1.165, 1.54) is 32.1 Å². The van der Waals surface area contributed by atoms with Crippen LogP contribution in [0.5, 0.6) is 0 Å². The molecule has 1 saturated carbocycles. The van der Waals surface area contributed by atoms with Gasteiger partial charge in [0, 0.05) is 16.6 Å². The van der Waals surface area contributed by atoms with Crippen LogP contribution in [0.3, 0.4) is 0 Å². The summed E-state index contributed by atoms with van der Waals surface area (Å²) in [5.74, 6) is 0.564. The Labute approximate surface area is 146 Å². The van der Waals surface area contributed by atoms with E-state index in [9.17, 15) is 5.11 Å². The van der Waals surface area contributed by atoms with Crippen molar-refractivity contribution in [2.24, 2.45) is 0 Å². The Morgan fingerprint density at radius 1 is 1.17 bits per heavy atom. The summed E-state index contributed by atoms with van der Waals surface area (Å²) in [4.78, 5) is 0. The van der Waals surface area contributed by atoms with Crippen molar-refractivity contribution in [1.29, 1.82) is 0 Å². The van der Waals surface area contributed by atoms with Gasteiger partial charge in [-0.25, -0.2) is 0 Å². The van der Waals surface area contributed by atoms with E-state index in [1.54, 1.807) is 6.07 Å². The second kappa shape index (κ2) is 7.60. The average molecular weight is 352 g/mol. The molecule has 1 atom stereocenters. The molecule has 1 fully saturated rings. The van der Waals surface area contributed by atoms with Crippen LogP contribution < -0.4 is 0 Å². The van der Waals surface area contributed by atoms with Gasteiger partial charge in [0.25, 0.3) is 0 Å². The number of aliphatic hydroxyl groups excluding tert-OH is 1. The minimum atomic E-state index is -0.873. The second-order valence-electron chi connectivity index (χ2n) is 6.18. The number of aromatic nitrogens is 3. The first-order chi connectivity index (χ1) is 11.2. The highest BCUT2D eigenvalue weighted by atomic mass is 35.5. The molecule has 23 heavy (non-hydrogen) atoms. The predicted molar refractivity (Wildman–Crippen MR) is 94.3 cm³/mol. The number of H-pyrrole nitrogens is 1. The van der Waals surface area contributed by atoms with Crippen molar-refractivity contribution in [3.05, 3.63) is 45.4 Å². The van der Waals surface area contributed by atoms with Crippen LogP contribution in [0.4, 0.5) is 0 Å². The van der Waals surface area contributed by atoms with Crippen LogP contribution in [0, 0.1) is 4.77 Å². The number of aromatic amines is 1. The Bertz CT molecular complexity index is 704. The summed E-state index contributed by atoms with van der Waals surface area (Å²) in [5, 5.41) is 18.5. The van der Waals surface area contributed by atoms with Crippen LogP contribution in [-0.2, 0) is 0 Å². The van der Waals surface area contributed by atoms with E-state index < -0.39 is 6.10 Å². The minimum Gasteiger partial charge on any atom is -0.380 e. The van der Waals surface area contributed by atoms with Gasteiger partial charge in [0.2, 0.25) is 0 Å². The minimum absolute atomic E-state index is 0.300. The van der Waals surface area contributed by atoms with Gasteiger partial charge in [-0.15, -0.1) is 0 Å². The van der Waals surface area contributed by atoms with Gasteiger partial charge in [0.1, 0.15) is 6.10 Å². The molecule has 0 aliphatic heterocycles. The first-order valence-electron chi connectivity index (χ1n) is 8.28. The van der Waals surface area contributed by atoms with E-state index in [2.05, 4.69) is 10.2 Å². The highest BCUT2D eigenvalue weighted by Gasteiger charge is 2.24. The standard InChI is InChI=1S/C17H22ClN3OS/c18-14-11-7-6-10-13(14)15(22)16-19-20-17(23)21(16)12-8-4-2-1-3-5-9-12/h6-7,10-12,15,22H,1-5,8-9H2,(H,20,23). The number of hydrogen-bond acceptors (Lipinski definition) is 3. The van der Waals surface area contributed by atoms with Crippen LogP contribution in [-0.4, -0.2) is 19.9 Å². The largest absolute Gasteiger partial charge is 0.380 e. The zero-order valence-corrected chi connectivity index (χ0v) is 14.6. The molecule has 0 saturated heterocycles. The number of hydrogen-bond donors (Lipinski definition) is 2. The molecule has 124 valence electrons. The fourth-order valence-corrected chi connectivity index (χ4v) is 3.92. The van der Waals surface area contributed by atoms with E-state index in [1.807, 2.05) is 22.8 Å². The molecule has 2 aromatic rings. The normalized spacial score (nSPS) is 18.3. The Kier molecular flexibility index (Phi) is 5.51. The van der Waals surface area contributed by atoms with Gasteiger partial charge in [-0.05, 0) is 31.1 Å². The highest BCUT2D eigenvalue weighted by molar-refractivity contribution is 7.71. The van der Waals surface area contributed by atoms with Crippen LogP contribution in [0.15, 0.2) is 24.3 Å². The Morgan fingerprint density at radius 2 is 1.83 bits per heavy atom. The lowest BCUT2D eigenvalue weighted by Crippen LogP contribution is -2.17. The van der Waals surface area contributed by atoms with Gasteiger partial charge in [-0.1, -0.05) is 61.9 Å². The van der Waals surface area contributed by atoms with E-state index in [0.717, 1.165) is 12.8 Å². The maximum absolute atomic E-state index is 10.8. The lowest BCUT2D eigenvalue weighted by atomic mass is 9.96. The lowest BCUT2D eigenvalue weighted by molar-refractivity contribution is 0.197. The molecular formula is C17H22ClN3OS. The summed E-state index contributed by atoms with van der Waals surface area (Å²) >= 11 is 11.7. The molecular weight excluding hydrogens is 330 g/mol. The summed E-state index contributed by atoms with van der Waals surface area (Å²) in [6.07, 6.45) is 7.53. The number of halogens is 1. The molecule has 2 N–H and O–H groups in total. The molecule has 1 aliphatic rings. The van der Waals surface area contributed by atoms with Crippen LogP contribution in [0.1, 0.15) is 68.5 Å². The van der Waals surface area contributed by atoms with Gasteiger partial charge in [-0.3, -0.25) is 9.67 Å². The SMILES string of the molecule is OC(c1ccccc1Cl)c1n[nH]c(=S)n1C1CCCCCCC1. The van der Waals surface area contributed by atoms with Crippen molar-refractivity contribution >= 4 is 23.8 Å². The molecule has 0 amide bonds. The second-order valence-corrected chi connectivity index (χ2v) is 6.97. The zero-order chi connectivity index (χ0) is 16.2. The van der Waals surface area contributed by atoms with Crippen LogP contribution in [0.25, 0.3) is 0 Å². The maximum atomic E-state index is 10.8. The fraction of sp³-hybridized carbons (Fsp3) is 0.529. The topological polar surface area (TPSA) is 53.8 Å². The summed E-state index contributed by atoms with van der Waals surface area (Å²) in [5.41, 5.74) is 0.662. The van der Waals surface area contributed by atoms with Crippen molar-refractivity contribution in [2.75, 3.05) is 0 Å². The van der Waals surface area contributed by atoms with Gasteiger partial charge >= 0.3 is 0 Å². The first-order valence-corrected chi connectivity index (χ1v) is 9.06. The van der Waals surface area contributed by atoms with Gasteiger partial charge in [0.15, 0.2) is 10.6 Å². The molecule has 3 rings (SSSR count). The third-order valence-corrected chi connectivity index (χ3v) is 5.25. The van der Waals surface area contributed by atoms with Crippen LogP contribution in [0.2, 0.25) is 5.02 Å². The molecule has 1 unspecified atom stereocenters. The predicted octanol–water partition coefficient (Wildman–Crippen LogP) is 4.96. The Morgan fingerprint density at radius 3 is 2.52 bits per heavy atom. The molecule has 4 nitrogen and oxygen atoms in total. The third-order valence-electron chi connectivity index (χ3n) is 4.62. The van der Waals surface area contributed by atoms with Crippen molar-refractivity contribution in [3.63, 3.8) is 0 Å². The lowest BCUT2D eigenvalue weighted by Gasteiger charge is -2.24. The van der Waals surface area contributed by atoms with E-state index in [0.29, 0.717) is 27.2 Å². The van der Waals surface area contributed by atoms with Gasteiger partial charge in [-0.2, -0.15) is 5.10 Å². The molecule has 6 heteroatoms. The first kappa shape index (κ1) is 16.7. The molecule has 0 radical (unpaired) electrons. The quantitative estimate of drug-likeness (QED) is 0.768. The zero-order valence-electron chi connectivity index (χ0n) is 13.0. The Balaban J connectivity index is 1.94. The van der Waals surface area contributed by atoms with Crippen LogP contribution >= 0.6 is 23.8 Å². The molecule has 1 aromatic carbocycles. The monoisotopic (exact) mass is 351 g/mol. The smallest absolute Gasteiger partial charge is 0.195 e. The molecule has 1 heterocycles. The number of nitrogens with one attached hydrogen (secondary N) is 1. The van der Waals surface area contributed by atoms with E-state index in [4.69, 9.17) is 23.8 Å². The summed E-state index contributed by atoms with van der Waals surface area (Å²) < 4.78 is 2.59. The number of aliphatic hydroxyl groups is 1. The van der Waals surface area contributed by atoms with Gasteiger partial charge < -0.3 is 5.11 Å². The van der Waals surface area contributed by atoms with Crippen molar-refractivity contribution in [1.82, 2.24) is 14.8 Å². The molecule has 1 aromatic heterocycles. The summed E-state index contributed by atoms with van der Waals surface area (Å²) in [7, 11) is 0. The highest BCUT2D eigenvalue weighted by Crippen LogP contribution is 2.32. The molecule has 0 bridgehead atoms. The summed E-state index contributed by atoms with van der Waals surface area (Å²) in [6, 6.07) is 7.62. The number of benzene rings is 1. The number of rotatable bonds is 3. The third kappa shape index (κ3) is 3.67. The van der Waals surface area contributed by atoms with E-state index in [-0.39, 0.29) is 0 Å². The fourth-order valence-electron chi connectivity index (χ4n) is 3.39. The van der Waals surface area contributed by atoms with Crippen molar-refractivity contribution in [3.8, 4) is 0 Å². The van der Waals surface area contributed by atoms with Gasteiger partial charge in [0.05, 0.1) is 0 Å². The molecule has 1 aliphatic carbocycles. The number of nitrogens with zero attached hydrogens (tertiary/aromatic N) is 2. The molecule has 0 spiro atoms. The maximum Gasteiger partial charge on any atom is 0.195 e. The van der Waals surface area contributed by atoms with E-state index >= 15 is 0 Å².